The predicted octanol–water partition coefficient (Wildman–Crippen LogP) is 1.61. The van der Waals surface area contributed by atoms with Gasteiger partial charge in [-0.2, -0.15) is 4.31 Å². The lowest BCUT2D eigenvalue weighted by Crippen LogP contribution is -2.28. The van der Waals surface area contributed by atoms with E-state index in [0.29, 0.717) is 5.82 Å². The summed E-state index contributed by atoms with van der Waals surface area (Å²) < 4.78 is 39.5. The monoisotopic (exact) mass is 318 g/mol. The highest BCUT2D eigenvalue weighted by molar-refractivity contribution is 7.89. The van der Waals surface area contributed by atoms with Gasteiger partial charge in [0.1, 0.15) is 10.7 Å². The highest BCUT2D eigenvalue weighted by atomic mass is 35.5. The molecule has 2 aromatic rings. The Morgan fingerprint density at radius 2 is 2.20 bits per heavy atom. The first-order chi connectivity index (χ1) is 9.32. The van der Waals surface area contributed by atoms with Gasteiger partial charge >= 0.3 is 0 Å². The number of nitrogens with one attached hydrogen (secondary N) is 1. The largest absolute Gasteiger partial charge is 0.396 e. The van der Waals surface area contributed by atoms with Gasteiger partial charge in [0.15, 0.2) is 5.82 Å². The van der Waals surface area contributed by atoms with Crippen LogP contribution in [0.1, 0.15) is 5.82 Å². The topological polar surface area (TPSA) is 92.1 Å². The summed E-state index contributed by atoms with van der Waals surface area (Å²) in [6, 6.07) is 2.18. The number of rotatable bonds is 4. The van der Waals surface area contributed by atoms with E-state index in [1.165, 1.54) is 13.2 Å². The number of aromatic amines is 1. The maximum absolute atomic E-state index is 13.9. The number of H-pyrrole nitrogens is 1. The Morgan fingerprint density at radius 1 is 1.50 bits per heavy atom. The number of benzene rings is 1. The lowest BCUT2D eigenvalue weighted by atomic mass is 10.3. The van der Waals surface area contributed by atoms with Crippen LogP contribution in [0.15, 0.2) is 29.4 Å². The van der Waals surface area contributed by atoms with E-state index in [0.717, 1.165) is 16.4 Å². The lowest BCUT2D eigenvalue weighted by molar-refractivity contribution is 0.452. The molecule has 0 bridgehead atoms. The van der Waals surface area contributed by atoms with Crippen LogP contribution in [0.3, 0.4) is 0 Å². The molecule has 0 spiro atoms. The second-order valence-electron chi connectivity index (χ2n) is 4.10. The number of hydrogen-bond acceptors (Lipinski definition) is 4. The number of nitrogen functional groups attached to an aromatic ring is 1. The molecule has 0 fully saturated rings. The number of hydrogen-bond donors (Lipinski definition) is 2. The number of nitrogens with zero attached hydrogens (tertiary/aromatic N) is 2. The van der Waals surface area contributed by atoms with Gasteiger partial charge in [-0.15, -0.1) is 0 Å². The molecule has 0 radical (unpaired) electrons. The molecular weight excluding hydrogens is 307 g/mol. The molecular formula is C11H12ClFN4O2S. The maximum Gasteiger partial charge on any atom is 0.246 e. The highest BCUT2D eigenvalue weighted by Gasteiger charge is 2.27. The molecule has 6 nitrogen and oxygen atoms in total. The number of sulfonamides is 1. The number of imidazole rings is 1. The van der Waals surface area contributed by atoms with E-state index in [4.69, 9.17) is 17.3 Å². The molecule has 0 aliphatic rings. The summed E-state index contributed by atoms with van der Waals surface area (Å²) in [6.07, 6.45) is 3.06. The van der Waals surface area contributed by atoms with Gasteiger partial charge in [0.2, 0.25) is 10.0 Å². The van der Waals surface area contributed by atoms with Crippen molar-refractivity contribution in [1.82, 2.24) is 14.3 Å². The minimum absolute atomic E-state index is 0.0266. The Morgan fingerprint density at radius 3 is 2.80 bits per heavy atom. The number of anilines is 1. The molecule has 0 aliphatic carbocycles. The Bertz CT molecular complexity index is 718. The quantitative estimate of drug-likeness (QED) is 0.838. The van der Waals surface area contributed by atoms with Gasteiger partial charge in [-0.25, -0.2) is 17.8 Å². The van der Waals surface area contributed by atoms with Gasteiger partial charge in [0.25, 0.3) is 0 Å². The second-order valence-corrected chi connectivity index (χ2v) is 6.55. The van der Waals surface area contributed by atoms with Gasteiger partial charge in [0, 0.05) is 24.5 Å². The van der Waals surface area contributed by atoms with E-state index in [-0.39, 0.29) is 17.3 Å². The van der Waals surface area contributed by atoms with Gasteiger partial charge < -0.3 is 10.7 Å². The standard InChI is InChI=1S/C11H12ClFN4O2S/c1-17(6-10-15-2-3-16-10)20(18,19)9-5-7(12)4-8(14)11(9)13/h2-5H,6,14H2,1H3,(H,15,16). The van der Waals surface area contributed by atoms with Crippen molar-refractivity contribution in [3.8, 4) is 0 Å². The fraction of sp³-hybridized carbons (Fsp3) is 0.182. The average Bonchev–Trinajstić information content (AvgIpc) is 2.86. The predicted molar refractivity (Wildman–Crippen MR) is 73.1 cm³/mol. The van der Waals surface area contributed by atoms with Crippen molar-refractivity contribution >= 4 is 27.3 Å². The first-order valence-corrected chi connectivity index (χ1v) is 7.33. The van der Waals surface area contributed by atoms with Crippen LogP contribution in [0.5, 0.6) is 0 Å². The molecule has 0 atom stereocenters. The van der Waals surface area contributed by atoms with Crippen LogP contribution in [-0.2, 0) is 16.6 Å². The fourth-order valence-electron chi connectivity index (χ4n) is 1.62. The summed E-state index contributed by atoms with van der Waals surface area (Å²) in [7, 11) is -2.74. The van der Waals surface area contributed by atoms with Crippen LogP contribution < -0.4 is 5.73 Å². The molecule has 9 heteroatoms. The van der Waals surface area contributed by atoms with Crippen molar-refractivity contribution in [2.24, 2.45) is 0 Å². The normalized spacial score (nSPS) is 12.0. The highest BCUT2D eigenvalue weighted by Crippen LogP contribution is 2.27. The third kappa shape index (κ3) is 2.77. The van der Waals surface area contributed by atoms with Crippen LogP contribution in [0.4, 0.5) is 10.1 Å². The van der Waals surface area contributed by atoms with Gasteiger partial charge in [0.05, 0.1) is 12.2 Å². The van der Waals surface area contributed by atoms with E-state index in [9.17, 15) is 12.8 Å². The molecule has 2 rings (SSSR count). The number of halogens is 2. The first kappa shape index (κ1) is 14.8. The minimum atomic E-state index is -4.06. The Balaban J connectivity index is 2.40. The lowest BCUT2D eigenvalue weighted by Gasteiger charge is -2.17. The Labute approximate surface area is 120 Å². The smallest absolute Gasteiger partial charge is 0.246 e. The van der Waals surface area contributed by atoms with E-state index in [1.807, 2.05) is 0 Å². The molecule has 0 aliphatic heterocycles. The van der Waals surface area contributed by atoms with E-state index in [1.54, 1.807) is 6.20 Å². The fourth-order valence-corrected chi connectivity index (χ4v) is 3.16. The van der Waals surface area contributed by atoms with E-state index >= 15 is 0 Å². The zero-order valence-corrected chi connectivity index (χ0v) is 12.0. The van der Waals surface area contributed by atoms with Crippen molar-refractivity contribution in [2.45, 2.75) is 11.4 Å². The minimum Gasteiger partial charge on any atom is -0.396 e. The molecule has 0 amide bonds. The third-order valence-corrected chi connectivity index (χ3v) is 4.67. The van der Waals surface area contributed by atoms with Crippen LogP contribution in [0.2, 0.25) is 5.02 Å². The van der Waals surface area contributed by atoms with Gasteiger partial charge in [-0.3, -0.25) is 0 Å². The van der Waals surface area contributed by atoms with Crippen molar-refractivity contribution in [2.75, 3.05) is 12.8 Å². The Hall–Kier alpha value is -1.64. The molecule has 3 N–H and O–H groups in total. The summed E-state index contributed by atoms with van der Waals surface area (Å²) in [6.45, 7) is -0.0266. The van der Waals surface area contributed by atoms with Crippen LogP contribution >= 0.6 is 11.6 Å². The summed E-state index contributed by atoms with van der Waals surface area (Å²) in [5, 5.41) is 0.0499. The van der Waals surface area contributed by atoms with Crippen LogP contribution in [-0.4, -0.2) is 29.7 Å². The average molecular weight is 319 g/mol. The third-order valence-electron chi connectivity index (χ3n) is 2.65. The number of aromatic nitrogens is 2. The summed E-state index contributed by atoms with van der Waals surface area (Å²) in [4.78, 5) is 6.12. The molecule has 1 aromatic heterocycles. The van der Waals surface area contributed by atoms with Crippen molar-refractivity contribution in [3.63, 3.8) is 0 Å². The molecule has 108 valence electrons. The molecule has 0 unspecified atom stereocenters. The van der Waals surface area contributed by atoms with Crippen molar-refractivity contribution < 1.29 is 12.8 Å². The van der Waals surface area contributed by atoms with E-state index < -0.39 is 20.7 Å². The van der Waals surface area contributed by atoms with Crippen LogP contribution in [0, 0.1) is 5.82 Å². The summed E-state index contributed by atoms with van der Waals surface area (Å²) >= 11 is 5.73. The molecule has 1 aromatic carbocycles. The molecule has 0 saturated carbocycles. The van der Waals surface area contributed by atoms with Crippen molar-refractivity contribution in [1.29, 1.82) is 0 Å². The second kappa shape index (κ2) is 5.39. The zero-order valence-electron chi connectivity index (χ0n) is 10.5. The SMILES string of the molecule is CN(Cc1ncc[nH]1)S(=O)(=O)c1cc(Cl)cc(N)c1F. The first-order valence-electron chi connectivity index (χ1n) is 5.51. The summed E-state index contributed by atoms with van der Waals surface area (Å²) in [5.41, 5.74) is 5.08. The number of nitrogens with two attached hydrogens (primary N) is 1. The summed E-state index contributed by atoms with van der Waals surface area (Å²) in [5.74, 6) is -0.577. The van der Waals surface area contributed by atoms with Gasteiger partial charge in [-0.05, 0) is 12.1 Å². The van der Waals surface area contributed by atoms with Crippen LogP contribution in [0.25, 0.3) is 0 Å². The molecule has 0 saturated heterocycles. The maximum atomic E-state index is 13.9. The zero-order chi connectivity index (χ0) is 14.9. The van der Waals surface area contributed by atoms with Crippen molar-refractivity contribution in [3.05, 3.63) is 41.2 Å². The van der Waals surface area contributed by atoms with Gasteiger partial charge in [-0.1, -0.05) is 11.6 Å². The molecule has 1 heterocycles. The molecule has 20 heavy (non-hydrogen) atoms. The van der Waals surface area contributed by atoms with E-state index in [2.05, 4.69) is 9.97 Å². The Kier molecular flexibility index (Phi) is 3.98.